The Morgan fingerprint density at radius 1 is 1.17 bits per heavy atom. The van der Waals surface area contributed by atoms with Crippen LogP contribution in [0, 0.1) is 0 Å². The van der Waals surface area contributed by atoms with Crippen molar-refractivity contribution in [3.05, 3.63) is 36.2 Å². The van der Waals surface area contributed by atoms with Crippen LogP contribution in [0.15, 0.2) is 30.6 Å². The fourth-order valence-electron chi connectivity index (χ4n) is 1.12. The Labute approximate surface area is 69.0 Å². The van der Waals surface area contributed by atoms with Crippen molar-refractivity contribution in [1.29, 1.82) is 0 Å². The van der Waals surface area contributed by atoms with Crippen molar-refractivity contribution < 1.29 is 4.79 Å². The molecule has 1 aromatic carbocycles. The van der Waals surface area contributed by atoms with Gasteiger partial charge in [0, 0.05) is 16.3 Å². The quantitative estimate of drug-likeness (QED) is 0.622. The third-order valence-corrected chi connectivity index (χ3v) is 1.70. The molecular weight excluding hydrogens is 152 g/mol. The monoisotopic (exact) mass is 157 g/mol. The number of carbonyl (C=O) groups excluding carboxylic acids is 1. The summed E-state index contributed by atoms with van der Waals surface area (Å²) in [5.41, 5.74) is 0.530. The van der Waals surface area contributed by atoms with Crippen molar-refractivity contribution in [2.45, 2.75) is 0 Å². The van der Waals surface area contributed by atoms with Crippen molar-refractivity contribution in [2.24, 2.45) is 0 Å². The fourth-order valence-corrected chi connectivity index (χ4v) is 1.12. The molecule has 0 aliphatic rings. The van der Waals surface area contributed by atoms with E-state index in [-0.39, 0.29) is 0 Å². The highest BCUT2D eigenvalue weighted by Crippen LogP contribution is 2.13. The van der Waals surface area contributed by atoms with Crippen molar-refractivity contribution in [1.82, 2.24) is 10.2 Å². The normalized spacial score (nSPS) is 10.0. The second-order valence-corrected chi connectivity index (χ2v) is 2.40. The average molecular weight is 157 g/mol. The van der Waals surface area contributed by atoms with Gasteiger partial charge in [-0.25, -0.2) is 0 Å². The first-order valence-electron chi connectivity index (χ1n) is 3.49. The van der Waals surface area contributed by atoms with E-state index in [2.05, 4.69) is 10.2 Å². The van der Waals surface area contributed by atoms with Crippen LogP contribution in [0.2, 0.25) is 0 Å². The summed E-state index contributed by atoms with van der Waals surface area (Å²) in [7, 11) is 0. The lowest BCUT2D eigenvalue weighted by Gasteiger charge is -1.95. The standard InChI is InChI=1S/C9H5N2O/c12-6-8-3-1-2-7-4-10-11-5-9(7)8/h1-5H. The molecule has 3 nitrogen and oxygen atoms in total. The number of hydrogen-bond acceptors (Lipinski definition) is 3. The molecule has 2 aromatic rings. The van der Waals surface area contributed by atoms with Gasteiger partial charge in [-0.2, -0.15) is 10.2 Å². The van der Waals surface area contributed by atoms with Crippen LogP contribution in [0.4, 0.5) is 0 Å². The Kier molecular flexibility index (Phi) is 1.55. The van der Waals surface area contributed by atoms with Crippen LogP contribution < -0.4 is 0 Å². The molecule has 0 unspecified atom stereocenters. The Hall–Kier alpha value is -1.77. The zero-order valence-electron chi connectivity index (χ0n) is 6.19. The van der Waals surface area contributed by atoms with E-state index in [0.717, 1.165) is 10.8 Å². The van der Waals surface area contributed by atoms with Gasteiger partial charge in [0.15, 0.2) is 0 Å². The molecule has 0 aliphatic heterocycles. The molecule has 0 spiro atoms. The highest BCUT2D eigenvalue weighted by Gasteiger charge is 1.98. The number of hydrogen-bond donors (Lipinski definition) is 0. The molecule has 1 aromatic heterocycles. The van der Waals surface area contributed by atoms with Gasteiger partial charge in [0.25, 0.3) is 0 Å². The highest BCUT2D eigenvalue weighted by molar-refractivity contribution is 5.97. The maximum Gasteiger partial charge on any atom is 0.234 e. The van der Waals surface area contributed by atoms with E-state index in [1.54, 1.807) is 24.5 Å². The Morgan fingerprint density at radius 3 is 2.83 bits per heavy atom. The maximum atomic E-state index is 10.4. The molecule has 0 N–H and O–H groups in total. The molecule has 12 heavy (non-hydrogen) atoms. The Bertz CT molecular complexity index is 420. The minimum atomic E-state index is 0.530. The summed E-state index contributed by atoms with van der Waals surface area (Å²) >= 11 is 0. The number of rotatable bonds is 1. The molecule has 0 amide bonds. The molecule has 0 bridgehead atoms. The number of benzene rings is 1. The van der Waals surface area contributed by atoms with Gasteiger partial charge >= 0.3 is 0 Å². The third-order valence-electron chi connectivity index (χ3n) is 1.70. The molecule has 2 rings (SSSR count). The van der Waals surface area contributed by atoms with Crippen LogP contribution in [0.1, 0.15) is 5.56 Å². The lowest BCUT2D eigenvalue weighted by Crippen LogP contribution is -1.86. The van der Waals surface area contributed by atoms with E-state index in [1.807, 2.05) is 12.4 Å². The smallest absolute Gasteiger partial charge is 0.234 e. The van der Waals surface area contributed by atoms with Crippen molar-refractivity contribution >= 4 is 17.1 Å². The number of nitrogens with zero attached hydrogens (tertiary/aromatic N) is 2. The first-order valence-corrected chi connectivity index (χ1v) is 3.49. The Balaban J connectivity index is 2.88. The second kappa shape index (κ2) is 2.70. The summed E-state index contributed by atoms with van der Waals surface area (Å²) < 4.78 is 0. The molecule has 1 heterocycles. The largest absolute Gasteiger partial charge is 0.285 e. The Morgan fingerprint density at radius 2 is 2.00 bits per heavy atom. The van der Waals surface area contributed by atoms with Crippen LogP contribution in [0.25, 0.3) is 10.8 Å². The topological polar surface area (TPSA) is 42.9 Å². The van der Waals surface area contributed by atoms with Gasteiger partial charge in [-0.3, -0.25) is 4.79 Å². The molecule has 0 atom stereocenters. The van der Waals surface area contributed by atoms with Gasteiger partial charge in [0.1, 0.15) is 0 Å². The predicted octanol–water partition coefficient (Wildman–Crippen LogP) is 1.09. The van der Waals surface area contributed by atoms with E-state index in [0.29, 0.717) is 5.56 Å². The van der Waals surface area contributed by atoms with Gasteiger partial charge < -0.3 is 0 Å². The van der Waals surface area contributed by atoms with Crippen molar-refractivity contribution in [2.75, 3.05) is 0 Å². The zero-order valence-corrected chi connectivity index (χ0v) is 6.19. The van der Waals surface area contributed by atoms with E-state index in [9.17, 15) is 4.79 Å². The fraction of sp³-hybridized carbons (Fsp3) is 0. The summed E-state index contributed by atoms with van der Waals surface area (Å²) in [6, 6.07) is 5.38. The molecule has 3 heteroatoms. The average Bonchev–Trinajstić information content (AvgIpc) is 2.17. The van der Waals surface area contributed by atoms with Crippen LogP contribution in [-0.2, 0) is 4.79 Å². The number of fused-ring (bicyclic) bond motifs is 1. The SMILES string of the molecule is O=[C]c1cccc2cnncc12. The highest BCUT2D eigenvalue weighted by atomic mass is 16.1. The molecule has 0 fully saturated rings. The van der Waals surface area contributed by atoms with Crippen LogP contribution in [-0.4, -0.2) is 16.5 Å². The zero-order chi connectivity index (χ0) is 8.39. The van der Waals surface area contributed by atoms with Crippen LogP contribution >= 0.6 is 0 Å². The summed E-state index contributed by atoms with van der Waals surface area (Å²) in [4.78, 5) is 10.4. The molecule has 0 saturated heterocycles. The summed E-state index contributed by atoms with van der Waals surface area (Å²) in [5.74, 6) is 0. The van der Waals surface area contributed by atoms with Crippen molar-refractivity contribution in [3.63, 3.8) is 0 Å². The molecule has 1 radical (unpaired) electrons. The van der Waals surface area contributed by atoms with Gasteiger partial charge in [0.05, 0.1) is 12.4 Å². The van der Waals surface area contributed by atoms with Gasteiger partial charge in [-0.15, -0.1) is 0 Å². The minimum Gasteiger partial charge on any atom is -0.285 e. The molecular formula is C9H5N2O. The summed E-state index contributed by atoms with van der Waals surface area (Å²) in [6.45, 7) is 0. The summed E-state index contributed by atoms with van der Waals surface area (Å²) in [5, 5.41) is 9.10. The van der Waals surface area contributed by atoms with Gasteiger partial charge in [-0.05, 0) is 0 Å². The van der Waals surface area contributed by atoms with E-state index in [1.165, 1.54) is 0 Å². The van der Waals surface area contributed by atoms with Crippen molar-refractivity contribution in [3.8, 4) is 0 Å². The lowest BCUT2D eigenvalue weighted by atomic mass is 10.1. The molecule has 0 saturated carbocycles. The molecule has 0 aliphatic carbocycles. The first kappa shape index (κ1) is 6.91. The predicted molar refractivity (Wildman–Crippen MR) is 44.3 cm³/mol. The van der Waals surface area contributed by atoms with E-state index in [4.69, 9.17) is 0 Å². The third kappa shape index (κ3) is 0.955. The van der Waals surface area contributed by atoms with Gasteiger partial charge in [-0.1, -0.05) is 18.2 Å². The van der Waals surface area contributed by atoms with E-state index >= 15 is 0 Å². The van der Waals surface area contributed by atoms with E-state index < -0.39 is 0 Å². The minimum absolute atomic E-state index is 0.530. The van der Waals surface area contributed by atoms with Crippen LogP contribution in [0.5, 0.6) is 0 Å². The van der Waals surface area contributed by atoms with Gasteiger partial charge in [0.2, 0.25) is 6.29 Å². The number of aromatic nitrogens is 2. The molecule has 57 valence electrons. The summed E-state index contributed by atoms with van der Waals surface area (Å²) in [6.07, 6.45) is 5.04. The van der Waals surface area contributed by atoms with Crippen LogP contribution in [0.3, 0.4) is 0 Å². The maximum absolute atomic E-state index is 10.4. The second-order valence-electron chi connectivity index (χ2n) is 2.40. The lowest BCUT2D eigenvalue weighted by molar-refractivity contribution is 0.563. The first-order chi connectivity index (χ1) is 5.92.